The van der Waals surface area contributed by atoms with Crippen LogP contribution in [0, 0.1) is 6.92 Å². The lowest BCUT2D eigenvalue weighted by Crippen LogP contribution is -2.22. The Morgan fingerprint density at radius 1 is 1.22 bits per heavy atom. The van der Waals surface area contributed by atoms with Crippen molar-refractivity contribution < 1.29 is 23.1 Å². The molecular formula is C22H30N4O5S. The third kappa shape index (κ3) is 6.04. The first-order valence-electron chi connectivity index (χ1n) is 10.2. The molecule has 32 heavy (non-hydrogen) atoms. The fourth-order valence-corrected chi connectivity index (χ4v) is 3.86. The average Bonchev–Trinajstić information content (AvgIpc) is 3.12. The van der Waals surface area contributed by atoms with Gasteiger partial charge in [0, 0.05) is 19.5 Å². The van der Waals surface area contributed by atoms with Crippen molar-refractivity contribution >= 4 is 27.0 Å². The van der Waals surface area contributed by atoms with E-state index in [0.717, 1.165) is 34.0 Å². The quantitative estimate of drug-likeness (QED) is 0.527. The van der Waals surface area contributed by atoms with Crippen LogP contribution in [0.2, 0.25) is 0 Å². The van der Waals surface area contributed by atoms with Crippen LogP contribution in [0.25, 0.3) is 11.0 Å². The van der Waals surface area contributed by atoms with Crippen molar-refractivity contribution in [3.05, 3.63) is 52.6 Å². The van der Waals surface area contributed by atoms with E-state index in [2.05, 4.69) is 15.0 Å². The summed E-state index contributed by atoms with van der Waals surface area (Å²) in [5.41, 5.74) is 4.50. The molecular weight excluding hydrogens is 432 g/mol. The van der Waals surface area contributed by atoms with E-state index in [1.807, 2.05) is 45.0 Å². The van der Waals surface area contributed by atoms with Crippen LogP contribution in [0.5, 0.6) is 5.75 Å². The minimum Gasteiger partial charge on any atom is -0.494 e. The van der Waals surface area contributed by atoms with Crippen molar-refractivity contribution in [2.45, 2.75) is 39.7 Å². The number of aromatic nitrogens is 3. The normalized spacial score (nSPS) is 12.2. The summed E-state index contributed by atoms with van der Waals surface area (Å²) in [7, 11) is -0.0550. The number of aryl methyl sites for hydroxylation is 2. The van der Waals surface area contributed by atoms with Gasteiger partial charge in [0.1, 0.15) is 16.8 Å². The van der Waals surface area contributed by atoms with Crippen molar-refractivity contribution in [1.82, 2.24) is 19.7 Å². The van der Waals surface area contributed by atoms with Crippen LogP contribution in [0.15, 0.2) is 30.3 Å². The minimum atomic E-state index is -3.35. The molecule has 0 spiro atoms. The number of ether oxygens (including phenoxy) is 1. The zero-order chi connectivity index (χ0) is 24.1. The summed E-state index contributed by atoms with van der Waals surface area (Å²) in [6.45, 7) is 6.01. The summed E-state index contributed by atoms with van der Waals surface area (Å²) in [6.07, 6.45) is 0.957. The summed E-state index contributed by atoms with van der Waals surface area (Å²) in [4.78, 5) is 11.6. The number of hydrogen-bond acceptors (Lipinski definition) is 6. The molecule has 0 radical (unpaired) electrons. The largest absolute Gasteiger partial charge is 0.494 e. The molecule has 3 aromatic rings. The van der Waals surface area contributed by atoms with Crippen LogP contribution in [-0.4, -0.2) is 47.9 Å². The second kappa shape index (κ2) is 10.6. The zero-order valence-electron chi connectivity index (χ0n) is 19.2. The lowest BCUT2D eigenvalue weighted by molar-refractivity contribution is -0.137. The third-order valence-corrected chi connectivity index (χ3v) is 5.66. The van der Waals surface area contributed by atoms with Crippen LogP contribution in [0.4, 0.5) is 0 Å². The van der Waals surface area contributed by atoms with Crippen molar-refractivity contribution in [2.75, 3.05) is 13.4 Å². The first-order chi connectivity index (χ1) is 15.1. The van der Waals surface area contributed by atoms with E-state index in [-0.39, 0.29) is 13.0 Å². The van der Waals surface area contributed by atoms with E-state index in [0.29, 0.717) is 11.3 Å². The molecule has 0 saturated heterocycles. The number of carbonyl (C=O) groups is 1. The maximum Gasteiger partial charge on any atom is 0.304 e. The number of nitrogens with zero attached hydrogens (tertiary/aromatic N) is 3. The molecule has 9 nitrogen and oxygen atoms in total. The third-order valence-electron chi connectivity index (χ3n) is 4.99. The first-order valence-corrected chi connectivity index (χ1v) is 12.1. The Morgan fingerprint density at radius 2 is 1.91 bits per heavy atom. The summed E-state index contributed by atoms with van der Waals surface area (Å²) in [5, 5.41) is 17.7. The Hall–Kier alpha value is -2.98. The van der Waals surface area contributed by atoms with E-state index >= 15 is 0 Å². The SMILES string of the molecule is CC.COc1cc(C(CC(=O)O)c2ccc(C)c(CNS(C)(=O)=O)c2)cc2nnn(C)c12. The van der Waals surface area contributed by atoms with Gasteiger partial charge in [0.2, 0.25) is 10.0 Å². The fraction of sp³-hybridized carbons (Fsp3) is 0.409. The molecule has 0 fully saturated rings. The van der Waals surface area contributed by atoms with E-state index in [9.17, 15) is 18.3 Å². The van der Waals surface area contributed by atoms with Crippen LogP contribution in [0.1, 0.15) is 48.4 Å². The zero-order valence-corrected chi connectivity index (χ0v) is 20.0. The summed E-state index contributed by atoms with van der Waals surface area (Å²) >= 11 is 0. The maximum absolute atomic E-state index is 11.6. The summed E-state index contributed by atoms with van der Waals surface area (Å²) in [6, 6.07) is 9.18. The number of carboxylic acids is 1. The number of fused-ring (bicyclic) bond motifs is 1. The molecule has 0 aliphatic heterocycles. The van der Waals surface area contributed by atoms with Crippen molar-refractivity contribution in [3.8, 4) is 5.75 Å². The Balaban J connectivity index is 0.00000176. The van der Waals surface area contributed by atoms with Gasteiger partial charge in [-0.3, -0.25) is 4.79 Å². The minimum absolute atomic E-state index is 0.130. The van der Waals surface area contributed by atoms with Gasteiger partial charge in [-0.05, 0) is 41.3 Å². The molecule has 0 bridgehead atoms. The van der Waals surface area contributed by atoms with Gasteiger partial charge in [0.15, 0.2) is 0 Å². The fourth-order valence-electron chi connectivity index (χ4n) is 3.44. The lowest BCUT2D eigenvalue weighted by atomic mass is 9.86. The molecule has 2 N–H and O–H groups in total. The molecule has 1 aromatic heterocycles. The summed E-state index contributed by atoms with van der Waals surface area (Å²) in [5.74, 6) is -0.869. The molecule has 1 heterocycles. The van der Waals surface area contributed by atoms with Gasteiger partial charge < -0.3 is 9.84 Å². The molecule has 10 heteroatoms. The van der Waals surface area contributed by atoms with Gasteiger partial charge in [-0.25, -0.2) is 17.8 Å². The monoisotopic (exact) mass is 462 g/mol. The van der Waals surface area contributed by atoms with E-state index < -0.39 is 21.9 Å². The number of benzene rings is 2. The second-order valence-corrected chi connectivity index (χ2v) is 9.07. The highest BCUT2D eigenvalue weighted by atomic mass is 32.2. The Labute approximate surface area is 188 Å². The maximum atomic E-state index is 11.6. The van der Waals surface area contributed by atoms with Gasteiger partial charge >= 0.3 is 5.97 Å². The second-order valence-electron chi connectivity index (χ2n) is 7.23. The topological polar surface area (TPSA) is 123 Å². The predicted molar refractivity (Wildman–Crippen MR) is 123 cm³/mol. The summed E-state index contributed by atoms with van der Waals surface area (Å²) < 4.78 is 32.5. The molecule has 174 valence electrons. The van der Waals surface area contributed by atoms with Crippen LogP contribution >= 0.6 is 0 Å². The van der Waals surface area contributed by atoms with Crippen LogP contribution in [0.3, 0.4) is 0 Å². The first kappa shape index (κ1) is 25.3. The number of sulfonamides is 1. The highest BCUT2D eigenvalue weighted by Crippen LogP contribution is 2.35. The van der Waals surface area contributed by atoms with E-state index in [1.54, 1.807) is 24.9 Å². The number of hydrogen-bond donors (Lipinski definition) is 2. The molecule has 0 aliphatic carbocycles. The van der Waals surface area contributed by atoms with Gasteiger partial charge in [-0.2, -0.15) is 0 Å². The predicted octanol–water partition coefficient (Wildman–Crippen LogP) is 2.97. The molecule has 1 atom stereocenters. The van der Waals surface area contributed by atoms with Crippen molar-refractivity contribution in [3.63, 3.8) is 0 Å². The number of carboxylic acid groups (broad SMARTS) is 1. The Morgan fingerprint density at radius 3 is 2.50 bits per heavy atom. The number of rotatable bonds is 8. The van der Waals surface area contributed by atoms with E-state index in [4.69, 9.17) is 4.74 Å². The highest BCUT2D eigenvalue weighted by molar-refractivity contribution is 7.88. The van der Waals surface area contributed by atoms with Gasteiger partial charge in [-0.15, -0.1) is 5.10 Å². The number of aliphatic carboxylic acids is 1. The standard InChI is InChI=1S/C20H24N4O5S.C2H6/c1-12-5-6-13(7-15(12)11-21-30(4,27)28)16(10-19(25)26)14-8-17-20(18(9-14)29-3)24(2)23-22-17;1-2/h5-9,16,21H,10-11H2,1-4H3,(H,25,26);1-2H3. The smallest absolute Gasteiger partial charge is 0.304 e. The van der Waals surface area contributed by atoms with Gasteiger partial charge in [0.05, 0.1) is 19.8 Å². The van der Waals surface area contributed by atoms with Crippen molar-refractivity contribution in [2.24, 2.45) is 7.05 Å². The number of nitrogens with one attached hydrogen (secondary N) is 1. The average molecular weight is 463 g/mol. The molecule has 0 saturated carbocycles. The highest BCUT2D eigenvalue weighted by Gasteiger charge is 2.22. The molecule has 2 aromatic carbocycles. The van der Waals surface area contributed by atoms with Crippen LogP contribution in [-0.2, 0) is 28.4 Å². The van der Waals surface area contributed by atoms with Gasteiger partial charge in [0.25, 0.3) is 0 Å². The molecule has 0 amide bonds. The lowest BCUT2D eigenvalue weighted by Gasteiger charge is -2.19. The Kier molecular flexibility index (Phi) is 8.34. The van der Waals surface area contributed by atoms with Crippen LogP contribution < -0.4 is 9.46 Å². The van der Waals surface area contributed by atoms with Gasteiger partial charge in [-0.1, -0.05) is 37.3 Å². The molecule has 1 unspecified atom stereocenters. The van der Waals surface area contributed by atoms with Crippen molar-refractivity contribution in [1.29, 1.82) is 0 Å². The Bertz CT molecular complexity index is 1200. The van der Waals surface area contributed by atoms with E-state index in [1.165, 1.54) is 0 Å². The number of methoxy groups -OCH3 is 1. The molecule has 3 rings (SSSR count). The molecule has 0 aliphatic rings.